The number of carbonyl (C=O) groups is 1. The lowest BCUT2D eigenvalue weighted by Gasteiger charge is -2.25. The van der Waals surface area contributed by atoms with E-state index in [0.717, 1.165) is 22.5 Å². The molecule has 0 aliphatic carbocycles. The molecule has 3 rings (SSSR count). The van der Waals surface area contributed by atoms with E-state index in [1.165, 1.54) is 0 Å². The van der Waals surface area contributed by atoms with Crippen LogP contribution in [0.25, 0.3) is 5.65 Å². The van der Waals surface area contributed by atoms with Gasteiger partial charge in [0.1, 0.15) is 17.1 Å². The van der Waals surface area contributed by atoms with Gasteiger partial charge in [-0.05, 0) is 56.4 Å². The van der Waals surface area contributed by atoms with Crippen LogP contribution in [-0.2, 0) is 0 Å². The number of pyridine rings is 1. The van der Waals surface area contributed by atoms with Gasteiger partial charge in [0.15, 0.2) is 0 Å². The second-order valence-corrected chi connectivity index (χ2v) is 6.56. The second-order valence-electron chi connectivity index (χ2n) is 6.56. The minimum atomic E-state index is -0.174. The lowest BCUT2D eigenvalue weighted by Crippen LogP contribution is -2.34. The first kappa shape index (κ1) is 17.9. The first-order chi connectivity index (χ1) is 12.5. The predicted octanol–water partition coefficient (Wildman–Crippen LogP) is 2.68. The third kappa shape index (κ3) is 3.86. The summed E-state index contributed by atoms with van der Waals surface area (Å²) in [5, 5.41) is 3.00. The highest BCUT2D eigenvalue weighted by Crippen LogP contribution is 2.21. The zero-order chi connectivity index (χ0) is 18.7. The van der Waals surface area contributed by atoms with Crippen molar-refractivity contribution in [3.05, 3.63) is 65.6 Å². The van der Waals surface area contributed by atoms with Crippen LogP contribution < -0.4 is 10.1 Å². The van der Waals surface area contributed by atoms with Gasteiger partial charge in [0, 0.05) is 18.9 Å². The molecule has 1 atom stereocenters. The fourth-order valence-electron chi connectivity index (χ4n) is 2.90. The average molecular weight is 352 g/mol. The molecule has 0 fully saturated rings. The van der Waals surface area contributed by atoms with E-state index >= 15 is 0 Å². The lowest BCUT2D eigenvalue weighted by atomic mass is 10.1. The molecule has 0 aliphatic rings. The number of fused-ring (bicyclic) bond motifs is 1. The van der Waals surface area contributed by atoms with Crippen molar-refractivity contribution in [3.8, 4) is 5.75 Å². The molecular weight excluding hydrogens is 328 g/mol. The van der Waals surface area contributed by atoms with E-state index < -0.39 is 0 Å². The molecule has 2 aromatic heterocycles. The Labute approximate surface area is 153 Å². The largest absolute Gasteiger partial charge is 0.497 e. The van der Waals surface area contributed by atoms with Gasteiger partial charge in [-0.15, -0.1) is 0 Å². The van der Waals surface area contributed by atoms with Crippen LogP contribution in [0.15, 0.2) is 48.8 Å². The number of carbonyl (C=O) groups excluding carboxylic acids is 1. The number of hydrogen-bond acceptors (Lipinski definition) is 4. The number of hydrogen-bond donors (Lipinski definition) is 1. The van der Waals surface area contributed by atoms with Crippen molar-refractivity contribution in [2.75, 3.05) is 27.7 Å². The third-order valence-corrected chi connectivity index (χ3v) is 4.43. The average Bonchev–Trinajstić information content (AvgIpc) is 3.05. The molecule has 6 heteroatoms. The van der Waals surface area contributed by atoms with E-state index in [2.05, 4.69) is 15.2 Å². The Balaban J connectivity index is 1.72. The van der Waals surface area contributed by atoms with Gasteiger partial charge in [-0.1, -0.05) is 12.1 Å². The number of ether oxygens (including phenoxy) is 1. The molecule has 0 bridgehead atoms. The Morgan fingerprint density at radius 3 is 2.65 bits per heavy atom. The first-order valence-corrected chi connectivity index (χ1v) is 8.52. The maximum absolute atomic E-state index is 12.5. The van der Waals surface area contributed by atoms with E-state index in [1.807, 2.05) is 68.0 Å². The maximum Gasteiger partial charge on any atom is 0.271 e. The number of rotatable bonds is 6. The smallest absolute Gasteiger partial charge is 0.271 e. The fraction of sp³-hybridized carbons (Fsp3) is 0.300. The number of nitrogens with zero attached hydrogens (tertiary/aromatic N) is 3. The van der Waals surface area contributed by atoms with Crippen LogP contribution in [0.4, 0.5) is 0 Å². The summed E-state index contributed by atoms with van der Waals surface area (Å²) in [6, 6.07) is 11.9. The molecule has 1 unspecified atom stereocenters. The number of imidazole rings is 1. The Morgan fingerprint density at radius 1 is 1.27 bits per heavy atom. The SMILES string of the molecule is COc1ccc(C(CNC(=O)c2cn3ccc(C)cc3n2)N(C)C)cc1. The number of amides is 1. The summed E-state index contributed by atoms with van der Waals surface area (Å²) in [7, 11) is 5.64. The van der Waals surface area contributed by atoms with Crippen molar-refractivity contribution in [1.29, 1.82) is 0 Å². The standard InChI is InChI=1S/C20H24N4O2/c1-14-9-10-24-13-17(22-19(24)11-14)20(25)21-12-18(23(2)3)15-5-7-16(26-4)8-6-15/h5-11,13,18H,12H2,1-4H3,(H,21,25). The normalized spacial score (nSPS) is 12.3. The number of aromatic nitrogens is 2. The zero-order valence-electron chi connectivity index (χ0n) is 15.6. The number of nitrogens with one attached hydrogen (secondary N) is 1. The second kappa shape index (κ2) is 7.58. The molecule has 26 heavy (non-hydrogen) atoms. The first-order valence-electron chi connectivity index (χ1n) is 8.52. The Hall–Kier alpha value is -2.86. The van der Waals surface area contributed by atoms with Gasteiger partial charge in [-0.3, -0.25) is 4.79 Å². The van der Waals surface area contributed by atoms with E-state index in [4.69, 9.17) is 4.74 Å². The van der Waals surface area contributed by atoms with Crippen molar-refractivity contribution in [2.45, 2.75) is 13.0 Å². The molecule has 3 aromatic rings. The number of methoxy groups -OCH3 is 1. The molecule has 6 nitrogen and oxygen atoms in total. The summed E-state index contributed by atoms with van der Waals surface area (Å²) in [4.78, 5) is 19.0. The molecule has 2 heterocycles. The van der Waals surface area contributed by atoms with E-state index in [9.17, 15) is 4.79 Å². The maximum atomic E-state index is 12.5. The van der Waals surface area contributed by atoms with Crippen molar-refractivity contribution in [3.63, 3.8) is 0 Å². The molecule has 0 radical (unpaired) electrons. The van der Waals surface area contributed by atoms with E-state index in [0.29, 0.717) is 12.2 Å². The van der Waals surface area contributed by atoms with E-state index in [-0.39, 0.29) is 11.9 Å². The minimum Gasteiger partial charge on any atom is -0.497 e. The summed E-state index contributed by atoms with van der Waals surface area (Å²) in [6.45, 7) is 2.50. The van der Waals surface area contributed by atoms with Gasteiger partial charge in [0.05, 0.1) is 13.2 Å². The highest BCUT2D eigenvalue weighted by molar-refractivity contribution is 5.92. The third-order valence-electron chi connectivity index (χ3n) is 4.43. The predicted molar refractivity (Wildman–Crippen MR) is 102 cm³/mol. The lowest BCUT2D eigenvalue weighted by molar-refractivity contribution is 0.0937. The number of benzene rings is 1. The van der Waals surface area contributed by atoms with Gasteiger partial charge < -0.3 is 19.4 Å². The minimum absolute atomic E-state index is 0.0594. The topological polar surface area (TPSA) is 58.9 Å². The summed E-state index contributed by atoms with van der Waals surface area (Å²) in [5.74, 6) is 0.641. The zero-order valence-corrected chi connectivity index (χ0v) is 15.6. The summed E-state index contributed by atoms with van der Waals surface area (Å²) in [5.41, 5.74) is 3.42. The van der Waals surface area contributed by atoms with Crippen LogP contribution in [0, 0.1) is 6.92 Å². The van der Waals surface area contributed by atoms with Crippen molar-refractivity contribution >= 4 is 11.6 Å². The quantitative estimate of drug-likeness (QED) is 0.741. The van der Waals surface area contributed by atoms with Crippen LogP contribution in [0.3, 0.4) is 0 Å². The molecule has 1 amide bonds. The van der Waals surface area contributed by atoms with Gasteiger partial charge in [-0.2, -0.15) is 0 Å². The van der Waals surface area contributed by atoms with E-state index in [1.54, 1.807) is 13.3 Å². The summed E-state index contributed by atoms with van der Waals surface area (Å²) < 4.78 is 7.06. The molecular formula is C20H24N4O2. The van der Waals surface area contributed by atoms with Crippen LogP contribution in [-0.4, -0.2) is 47.9 Å². The van der Waals surface area contributed by atoms with Gasteiger partial charge in [0.25, 0.3) is 5.91 Å². The molecule has 0 saturated carbocycles. The van der Waals surface area contributed by atoms with Crippen LogP contribution >= 0.6 is 0 Å². The molecule has 1 aromatic carbocycles. The number of likely N-dealkylation sites (N-methyl/N-ethyl adjacent to an activating group) is 1. The molecule has 0 spiro atoms. The highest BCUT2D eigenvalue weighted by Gasteiger charge is 2.17. The van der Waals surface area contributed by atoms with Crippen molar-refractivity contribution < 1.29 is 9.53 Å². The summed E-state index contributed by atoms with van der Waals surface area (Å²) in [6.07, 6.45) is 3.66. The highest BCUT2D eigenvalue weighted by atomic mass is 16.5. The molecule has 0 aliphatic heterocycles. The van der Waals surface area contributed by atoms with Gasteiger partial charge in [-0.25, -0.2) is 4.98 Å². The van der Waals surface area contributed by atoms with Crippen LogP contribution in [0.1, 0.15) is 27.7 Å². The van der Waals surface area contributed by atoms with Crippen LogP contribution in [0.2, 0.25) is 0 Å². The fourth-order valence-corrected chi connectivity index (χ4v) is 2.90. The molecule has 1 N–H and O–H groups in total. The molecule has 0 saturated heterocycles. The molecule has 136 valence electrons. The Morgan fingerprint density at radius 2 is 2.00 bits per heavy atom. The van der Waals surface area contributed by atoms with Crippen molar-refractivity contribution in [1.82, 2.24) is 19.6 Å². The van der Waals surface area contributed by atoms with Crippen LogP contribution in [0.5, 0.6) is 5.75 Å². The summed E-state index contributed by atoms with van der Waals surface area (Å²) >= 11 is 0. The van der Waals surface area contributed by atoms with Gasteiger partial charge in [0.2, 0.25) is 0 Å². The van der Waals surface area contributed by atoms with Crippen molar-refractivity contribution in [2.24, 2.45) is 0 Å². The Kier molecular flexibility index (Phi) is 5.23. The Bertz CT molecular complexity index is 900. The number of aryl methyl sites for hydroxylation is 1. The van der Waals surface area contributed by atoms with Gasteiger partial charge >= 0.3 is 0 Å². The monoisotopic (exact) mass is 352 g/mol.